The maximum atomic E-state index is 11.9. The zero-order chi connectivity index (χ0) is 14.0. The first kappa shape index (κ1) is 13.5. The molecule has 1 saturated heterocycles. The summed E-state index contributed by atoms with van der Waals surface area (Å²) in [7, 11) is 0. The number of carbonyl (C=O) groups is 3. The molecule has 2 rings (SSSR count). The zero-order valence-corrected chi connectivity index (χ0v) is 11.4. The standard InChI is InChI=1S/C12H11BrN2O4/c13-8-2-1-6(12(18)19)3-9(8)15-11(17)7-4-10(16)14-5-7/h1-3,7H,4-5H2,(H,14,16)(H,15,17)(H,18,19). The van der Waals surface area contributed by atoms with E-state index in [0.717, 1.165) is 0 Å². The van der Waals surface area contributed by atoms with Crippen LogP contribution in [0.15, 0.2) is 22.7 Å². The molecule has 1 unspecified atom stereocenters. The normalized spacial score (nSPS) is 17.9. The highest BCUT2D eigenvalue weighted by Crippen LogP contribution is 2.25. The van der Waals surface area contributed by atoms with Crippen LogP contribution in [0.3, 0.4) is 0 Å². The van der Waals surface area contributed by atoms with Gasteiger partial charge in [0.2, 0.25) is 11.8 Å². The number of rotatable bonds is 3. The van der Waals surface area contributed by atoms with Gasteiger partial charge in [-0.25, -0.2) is 4.79 Å². The molecule has 7 heteroatoms. The summed E-state index contributed by atoms with van der Waals surface area (Å²) < 4.78 is 0.586. The average molecular weight is 327 g/mol. The van der Waals surface area contributed by atoms with E-state index in [0.29, 0.717) is 16.7 Å². The third kappa shape index (κ3) is 3.11. The highest BCUT2D eigenvalue weighted by Gasteiger charge is 2.28. The van der Waals surface area contributed by atoms with Crippen LogP contribution in [0, 0.1) is 5.92 Å². The van der Waals surface area contributed by atoms with Crippen molar-refractivity contribution < 1.29 is 19.5 Å². The molecule has 3 N–H and O–H groups in total. The van der Waals surface area contributed by atoms with Gasteiger partial charge < -0.3 is 15.7 Å². The molecule has 0 aromatic heterocycles. The summed E-state index contributed by atoms with van der Waals surface area (Å²) in [6.07, 6.45) is 0.155. The number of nitrogens with one attached hydrogen (secondary N) is 2. The van der Waals surface area contributed by atoms with E-state index in [9.17, 15) is 14.4 Å². The first-order valence-electron chi connectivity index (χ1n) is 5.58. The number of halogens is 1. The van der Waals surface area contributed by atoms with Crippen molar-refractivity contribution in [2.24, 2.45) is 5.92 Å². The van der Waals surface area contributed by atoms with Crippen LogP contribution >= 0.6 is 15.9 Å². The summed E-state index contributed by atoms with van der Waals surface area (Å²) in [5.41, 5.74) is 0.461. The van der Waals surface area contributed by atoms with Crippen molar-refractivity contribution in [2.75, 3.05) is 11.9 Å². The number of carboxylic acid groups (broad SMARTS) is 1. The molecule has 0 radical (unpaired) electrons. The van der Waals surface area contributed by atoms with E-state index in [-0.39, 0.29) is 23.8 Å². The summed E-state index contributed by atoms with van der Waals surface area (Å²) in [4.78, 5) is 33.8. The molecule has 0 bridgehead atoms. The second kappa shape index (κ2) is 5.40. The molecule has 1 aromatic rings. The van der Waals surface area contributed by atoms with Gasteiger partial charge in [-0.05, 0) is 34.1 Å². The van der Waals surface area contributed by atoms with Gasteiger partial charge in [-0.1, -0.05) is 0 Å². The molecule has 1 atom stereocenters. The predicted molar refractivity (Wildman–Crippen MR) is 70.8 cm³/mol. The van der Waals surface area contributed by atoms with Crippen molar-refractivity contribution in [3.05, 3.63) is 28.2 Å². The molecule has 0 spiro atoms. The molecule has 100 valence electrons. The highest BCUT2D eigenvalue weighted by molar-refractivity contribution is 9.10. The van der Waals surface area contributed by atoms with Crippen LogP contribution in [0.1, 0.15) is 16.8 Å². The minimum absolute atomic E-state index is 0.0825. The second-order valence-electron chi connectivity index (χ2n) is 4.19. The van der Waals surface area contributed by atoms with Crippen LogP contribution in [0.4, 0.5) is 5.69 Å². The molecule has 6 nitrogen and oxygen atoms in total. The van der Waals surface area contributed by atoms with Gasteiger partial charge in [-0.3, -0.25) is 9.59 Å². The van der Waals surface area contributed by atoms with E-state index in [1.807, 2.05) is 0 Å². The lowest BCUT2D eigenvalue weighted by molar-refractivity contribution is -0.123. The van der Waals surface area contributed by atoms with Crippen molar-refractivity contribution in [3.63, 3.8) is 0 Å². The smallest absolute Gasteiger partial charge is 0.335 e. The molecule has 0 aliphatic carbocycles. The van der Waals surface area contributed by atoms with Gasteiger partial charge in [0.15, 0.2) is 0 Å². The van der Waals surface area contributed by atoms with Gasteiger partial charge in [0.25, 0.3) is 0 Å². The molecule has 1 heterocycles. The Morgan fingerprint density at radius 3 is 2.74 bits per heavy atom. The molecule has 0 saturated carbocycles. The molecule has 1 aromatic carbocycles. The summed E-state index contributed by atoms with van der Waals surface area (Å²) in [5, 5.41) is 14.1. The van der Waals surface area contributed by atoms with Crippen LogP contribution in [-0.2, 0) is 9.59 Å². The van der Waals surface area contributed by atoms with Crippen LogP contribution in [0.2, 0.25) is 0 Å². The Bertz CT molecular complexity index is 559. The highest BCUT2D eigenvalue weighted by atomic mass is 79.9. The fourth-order valence-electron chi connectivity index (χ4n) is 1.78. The van der Waals surface area contributed by atoms with E-state index in [1.54, 1.807) is 6.07 Å². The minimum Gasteiger partial charge on any atom is -0.478 e. The molecular formula is C12H11BrN2O4. The van der Waals surface area contributed by atoms with Gasteiger partial charge in [0.1, 0.15) is 0 Å². The lowest BCUT2D eigenvalue weighted by atomic mass is 10.1. The van der Waals surface area contributed by atoms with Crippen molar-refractivity contribution in [1.82, 2.24) is 5.32 Å². The number of amides is 2. The molecule has 19 heavy (non-hydrogen) atoms. The number of hydrogen-bond acceptors (Lipinski definition) is 3. The van der Waals surface area contributed by atoms with E-state index in [1.165, 1.54) is 12.1 Å². The Morgan fingerprint density at radius 2 is 2.16 bits per heavy atom. The van der Waals surface area contributed by atoms with Gasteiger partial charge in [-0.15, -0.1) is 0 Å². The van der Waals surface area contributed by atoms with Gasteiger partial charge in [0.05, 0.1) is 17.2 Å². The third-order valence-corrected chi connectivity index (χ3v) is 3.51. The summed E-state index contributed by atoms with van der Waals surface area (Å²) in [6.45, 7) is 0.306. The average Bonchev–Trinajstić information content (AvgIpc) is 2.78. The van der Waals surface area contributed by atoms with Crippen molar-refractivity contribution in [3.8, 4) is 0 Å². The number of aromatic carboxylic acids is 1. The maximum absolute atomic E-state index is 11.9. The Hall–Kier alpha value is -1.89. The van der Waals surface area contributed by atoms with E-state index < -0.39 is 11.9 Å². The summed E-state index contributed by atoms with van der Waals surface area (Å²) in [6, 6.07) is 4.36. The van der Waals surface area contributed by atoms with Crippen LogP contribution < -0.4 is 10.6 Å². The third-order valence-electron chi connectivity index (χ3n) is 2.82. The fourth-order valence-corrected chi connectivity index (χ4v) is 2.13. The molecule has 2 amide bonds. The number of carbonyl (C=O) groups excluding carboxylic acids is 2. The first-order chi connectivity index (χ1) is 8.97. The fraction of sp³-hybridized carbons (Fsp3) is 0.250. The topological polar surface area (TPSA) is 95.5 Å². The Morgan fingerprint density at radius 1 is 1.42 bits per heavy atom. The molecule has 1 fully saturated rings. The quantitative estimate of drug-likeness (QED) is 0.778. The number of anilines is 1. The maximum Gasteiger partial charge on any atom is 0.335 e. The van der Waals surface area contributed by atoms with E-state index in [4.69, 9.17) is 5.11 Å². The minimum atomic E-state index is -1.07. The molecule has 1 aliphatic rings. The monoisotopic (exact) mass is 326 g/mol. The second-order valence-corrected chi connectivity index (χ2v) is 5.05. The van der Waals surface area contributed by atoms with Crippen molar-refractivity contribution in [1.29, 1.82) is 0 Å². The Balaban J connectivity index is 2.14. The summed E-state index contributed by atoms with van der Waals surface area (Å²) in [5.74, 6) is -1.95. The Labute approximate surface area is 117 Å². The van der Waals surface area contributed by atoms with Crippen molar-refractivity contribution >= 4 is 39.4 Å². The van der Waals surface area contributed by atoms with Crippen LogP contribution in [0.5, 0.6) is 0 Å². The molecule has 1 aliphatic heterocycles. The predicted octanol–water partition coefficient (Wildman–Crippen LogP) is 1.22. The number of hydrogen-bond donors (Lipinski definition) is 3. The number of carboxylic acids is 1. The van der Waals surface area contributed by atoms with Crippen LogP contribution in [0.25, 0.3) is 0 Å². The number of benzene rings is 1. The van der Waals surface area contributed by atoms with Crippen molar-refractivity contribution in [2.45, 2.75) is 6.42 Å². The first-order valence-corrected chi connectivity index (χ1v) is 6.37. The largest absolute Gasteiger partial charge is 0.478 e. The van der Waals surface area contributed by atoms with Gasteiger partial charge in [-0.2, -0.15) is 0 Å². The van der Waals surface area contributed by atoms with E-state index in [2.05, 4.69) is 26.6 Å². The lowest BCUT2D eigenvalue weighted by Crippen LogP contribution is -2.25. The van der Waals surface area contributed by atoms with Gasteiger partial charge in [0, 0.05) is 17.4 Å². The zero-order valence-electron chi connectivity index (χ0n) is 9.77. The van der Waals surface area contributed by atoms with E-state index >= 15 is 0 Å². The summed E-state index contributed by atoms with van der Waals surface area (Å²) >= 11 is 3.24. The SMILES string of the molecule is O=C1CC(C(=O)Nc2cc(C(=O)O)ccc2Br)CN1. The molecular weight excluding hydrogens is 316 g/mol. The van der Waals surface area contributed by atoms with Gasteiger partial charge >= 0.3 is 5.97 Å². The lowest BCUT2D eigenvalue weighted by Gasteiger charge is -2.11. The Kier molecular flexibility index (Phi) is 3.84. The van der Waals surface area contributed by atoms with Crippen LogP contribution in [-0.4, -0.2) is 29.4 Å².